The number of alkyl halides is 2. The van der Waals surface area contributed by atoms with Crippen molar-refractivity contribution in [1.29, 1.82) is 0 Å². The predicted molar refractivity (Wildman–Crippen MR) is 196 cm³/mol. The maximum absolute atomic E-state index is 14.8. The van der Waals surface area contributed by atoms with Crippen molar-refractivity contribution in [3.8, 4) is 11.5 Å². The van der Waals surface area contributed by atoms with Crippen LogP contribution in [0, 0.1) is 11.8 Å². The van der Waals surface area contributed by atoms with Crippen molar-refractivity contribution in [3.05, 3.63) is 83.5 Å². The molecule has 13 heteroatoms. The molecule has 0 radical (unpaired) electrons. The number of halogens is 4. The van der Waals surface area contributed by atoms with Crippen LogP contribution < -0.4 is 9.47 Å². The SMILES string of the molecule is CCCCC(CC)COC(=O)C1=NC(Cl)(c2ccc(OC(=O)Oc3ccc(C4(Cl)C=C(F)C(C(=O)OCC(CC)CCCC)=N4)cc3)cc2)C=C1F. The Kier molecular flexibility index (Phi) is 14.5. The van der Waals surface area contributed by atoms with E-state index in [1.807, 2.05) is 13.8 Å². The molecule has 0 saturated carbocycles. The van der Waals surface area contributed by atoms with E-state index in [9.17, 15) is 23.2 Å². The fraction of sp³-hybridized carbons (Fsp3) is 0.462. The minimum atomic E-state index is -1.69. The highest BCUT2D eigenvalue weighted by Gasteiger charge is 2.39. The van der Waals surface area contributed by atoms with Crippen LogP contribution in [0.15, 0.2) is 82.3 Å². The van der Waals surface area contributed by atoms with Crippen molar-refractivity contribution in [1.82, 2.24) is 0 Å². The summed E-state index contributed by atoms with van der Waals surface area (Å²) in [5.74, 6) is -3.02. The first-order valence-electron chi connectivity index (χ1n) is 17.6. The van der Waals surface area contributed by atoms with Crippen LogP contribution >= 0.6 is 23.2 Å². The molecular weight excluding hydrogens is 717 g/mol. The van der Waals surface area contributed by atoms with Crippen LogP contribution in [0.25, 0.3) is 0 Å². The molecule has 4 atom stereocenters. The summed E-state index contributed by atoms with van der Waals surface area (Å²) in [5, 5.41) is 0. The molecule has 0 N–H and O–H groups in total. The van der Waals surface area contributed by atoms with E-state index in [1.165, 1.54) is 48.5 Å². The summed E-state index contributed by atoms with van der Waals surface area (Å²) < 4.78 is 50.8. The summed E-state index contributed by atoms with van der Waals surface area (Å²) in [6.45, 7) is 8.52. The van der Waals surface area contributed by atoms with Crippen molar-refractivity contribution in [2.75, 3.05) is 13.2 Å². The maximum Gasteiger partial charge on any atom is 0.519 e. The third kappa shape index (κ3) is 10.5. The first kappa shape index (κ1) is 40.7. The van der Waals surface area contributed by atoms with E-state index in [2.05, 4.69) is 23.8 Å². The van der Waals surface area contributed by atoms with E-state index in [4.69, 9.17) is 42.1 Å². The molecule has 0 saturated heterocycles. The molecule has 0 spiro atoms. The number of unbranched alkanes of at least 4 members (excludes halogenated alkanes) is 2. The number of carbonyl (C=O) groups is 3. The molecule has 2 heterocycles. The Morgan fingerprint density at radius 1 is 0.654 bits per heavy atom. The first-order chi connectivity index (χ1) is 24.8. The van der Waals surface area contributed by atoms with Gasteiger partial charge in [0.05, 0.1) is 13.2 Å². The van der Waals surface area contributed by atoms with Gasteiger partial charge >= 0.3 is 18.1 Å². The van der Waals surface area contributed by atoms with Crippen LogP contribution in [0.1, 0.15) is 90.2 Å². The fourth-order valence-electron chi connectivity index (χ4n) is 5.60. The molecule has 2 aromatic rings. The first-order valence-corrected chi connectivity index (χ1v) is 18.4. The van der Waals surface area contributed by atoms with Gasteiger partial charge in [0.25, 0.3) is 0 Å². The van der Waals surface area contributed by atoms with Crippen LogP contribution in [0.3, 0.4) is 0 Å². The molecule has 0 fully saturated rings. The molecule has 4 rings (SSSR count). The lowest BCUT2D eigenvalue weighted by Gasteiger charge is -2.17. The Bertz CT molecular complexity index is 1590. The van der Waals surface area contributed by atoms with E-state index < -0.39 is 51.2 Å². The van der Waals surface area contributed by atoms with Gasteiger partial charge in [0.2, 0.25) is 0 Å². The van der Waals surface area contributed by atoms with E-state index >= 15 is 0 Å². The van der Waals surface area contributed by atoms with Gasteiger partial charge in [0, 0.05) is 12.2 Å². The lowest BCUT2D eigenvalue weighted by molar-refractivity contribution is -0.137. The summed E-state index contributed by atoms with van der Waals surface area (Å²) >= 11 is 13.2. The summed E-state index contributed by atoms with van der Waals surface area (Å²) in [6.07, 6.45) is 8.50. The molecule has 4 unspecified atom stereocenters. The number of esters is 2. The van der Waals surface area contributed by atoms with E-state index in [0.29, 0.717) is 11.1 Å². The van der Waals surface area contributed by atoms with Gasteiger partial charge in [0.15, 0.2) is 33.1 Å². The topological polar surface area (TPSA) is 113 Å². The average molecular weight is 762 g/mol. The molecule has 280 valence electrons. The number of carbonyl (C=O) groups excluding carboxylic acids is 3. The molecule has 2 aliphatic rings. The van der Waals surface area contributed by atoms with Gasteiger partial charge in [-0.1, -0.05) is 114 Å². The van der Waals surface area contributed by atoms with Crippen molar-refractivity contribution >= 4 is 52.7 Å². The quantitative estimate of drug-likeness (QED) is 0.0643. The summed E-state index contributed by atoms with van der Waals surface area (Å²) in [6, 6.07) is 11.5. The number of hydrogen-bond acceptors (Lipinski definition) is 9. The Morgan fingerprint density at radius 3 is 1.35 bits per heavy atom. The highest BCUT2D eigenvalue weighted by atomic mass is 35.5. The van der Waals surface area contributed by atoms with Gasteiger partial charge in [-0.2, -0.15) is 0 Å². The minimum absolute atomic E-state index is 0.0880. The van der Waals surface area contributed by atoms with Crippen molar-refractivity contribution < 1.29 is 42.1 Å². The van der Waals surface area contributed by atoms with E-state index in [-0.39, 0.29) is 36.5 Å². The molecule has 52 heavy (non-hydrogen) atoms. The van der Waals surface area contributed by atoms with Crippen LogP contribution in [0.4, 0.5) is 13.6 Å². The average Bonchev–Trinajstić information content (AvgIpc) is 3.63. The molecule has 0 bridgehead atoms. The third-order valence-electron chi connectivity index (χ3n) is 8.93. The highest BCUT2D eigenvalue weighted by Crippen LogP contribution is 2.41. The number of rotatable bonds is 18. The second-order valence-corrected chi connectivity index (χ2v) is 13.9. The Balaban J connectivity index is 1.32. The fourth-order valence-corrected chi connectivity index (χ4v) is 6.21. The third-order valence-corrected chi connectivity index (χ3v) is 9.76. The smallest absolute Gasteiger partial charge is 0.461 e. The molecule has 9 nitrogen and oxygen atoms in total. The van der Waals surface area contributed by atoms with E-state index in [1.54, 1.807) is 0 Å². The van der Waals surface area contributed by atoms with Gasteiger partial charge < -0.3 is 18.9 Å². The van der Waals surface area contributed by atoms with Crippen LogP contribution in [0.5, 0.6) is 11.5 Å². The zero-order valence-electron chi connectivity index (χ0n) is 29.8. The molecular formula is C39H44Cl2F2N2O7. The number of ether oxygens (including phenoxy) is 4. The lowest BCUT2D eigenvalue weighted by atomic mass is 10.0. The van der Waals surface area contributed by atoms with Gasteiger partial charge in [-0.25, -0.2) is 33.1 Å². The Hall–Kier alpha value is -4.09. The second-order valence-electron chi connectivity index (χ2n) is 12.8. The zero-order valence-corrected chi connectivity index (χ0v) is 31.3. The van der Waals surface area contributed by atoms with Crippen molar-refractivity contribution in [2.45, 2.75) is 89.1 Å². The highest BCUT2D eigenvalue weighted by molar-refractivity contribution is 6.45. The summed E-state index contributed by atoms with van der Waals surface area (Å²) in [5.41, 5.74) is -0.335. The Morgan fingerprint density at radius 2 is 1.02 bits per heavy atom. The van der Waals surface area contributed by atoms with Gasteiger partial charge in [-0.05, 0) is 60.1 Å². The van der Waals surface area contributed by atoms with Crippen molar-refractivity contribution in [3.63, 3.8) is 0 Å². The van der Waals surface area contributed by atoms with Gasteiger partial charge in [0.1, 0.15) is 11.5 Å². The molecule has 0 aromatic heterocycles. The van der Waals surface area contributed by atoms with Gasteiger partial charge in [-0.3, -0.25) is 0 Å². The number of aliphatic imine (C=N–C) groups is 2. The number of hydrogen-bond donors (Lipinski definition) is 0. The van der Waals surface area contributed by atoms with Gasteiger partial charge in [-0.15, -0.1) is 0 Å². The van der Waals surface area contributed by atoms with Crippen LogP contribution in [0.2, 0.25) is 0 Å². The lowest BCUT2D eigenvalue weighted by Crippen LogP contribution is -2.21. The number of benzene rings is 2. The van der Waals surface area contributed by atoms with Crippen molar-refractivity contribution in [2.24, 2.45) is 21.8 Å². The standard InChI is InChI=1S/C39H44Cl2F2N2O7/c1-5-9-11-25(7-3)23-49-35(46)33-31(42)21-38(40,44-33)27-13-17-29(18-14-27)51-37(48)52-30-19-15-28(16-20-30)39(41)22-32(43)34(45-39)36(47)50-24-26(8-4)12-10-6-2/h13-22,25-26H,5-12,23-24H2,1-4H3. The zero-order chi connectivity index (χ0) is 37.9. The predicted octanol–water partition coefficient (Wildman–Crippen LogP) is 10.2. The maximum atomic E-state index is 14.8. The van der Waals surface area contributed by atoms with E-state index in [0.717, 1.165) is 63.5 Å². The monoisotopic (exact) mass is 760 g/mol. The largest absolute Gasteiger partial charge is 0.519 e. The molecule has 2 aromatic carbocycles. The normalized spacial score (nSPS) is 20.6. The molecule has 0 amide bonds. The minimum Gasteiger partial charge on any atom is -0.461 e. The number of nitrogens with zero attached hydrogens (tertiary/aromatic N) is 2. The summed E-state index contributed by atoms with van der Waals surface area (Å²) in [4.78, 5) is 42.6. The summed E-state index contributed by atoms with van der Waals surface area (Å²) in [7, 11) is 0. The van der Waals surface area contributed by atoms with Crippen LogP contribution in [-0.4, -0.2) is 42.7 Å². The molecule has 0 aliphatic carbocycles. The van der Waals surface area contributed by atoms with Crippen LogP contribution in [-0.2, 0) is 29.1 Å². The Labute approximate surface area is 313 Å². The second kappa shape index (κ2) is 18.6. The molecule has 2 aliphatic heterocycles.